The number of nitro groups is 1. The van der Waals surface area contributed by atoms with Crippen LogP contribution in [-0.4, -0.2) is 22.1 Å². The molecule has 94 valence electrons. The van der Waals surface area contributed by atoms with Gasteiger partial charge in [-0.2, -0.15) is 0 Å². The molecule has 2 rings (SSSR count). The molecule has 18 heavy (non-hydrogen) atoms. The van der Waals surface area contributed by atoms with Crippen LogP contribution in [0.25, 0.3) is 0 Å². The predicted molar refractivity (Wildman–Crippen MR) is 61.9 cm³/mol. The zero-order valence-electron chi connectivity index (χ0n) is 9.25. The Labute approximate surface area is 107 Å². The van der Waals surface area contributed by atoms with Gasteiger partial charge in [-0.05, 0) is 17.7 Å². The lowest BCUT2D eigenvalue weighted by Gasteiger charge is -2.27. The van der Waals surface area contributed by atoms with E-state index in [1.165, 1.54) is 19.1 Å². The van der Waals surface area contributed by atoms with Crippen LogP contribution in [0.5, 0.6) is 5.75 Å². The molecular formula is C11H8ClNO5. The van der Waals surface area contributed by atoms with Gasteiger partial charge < -0.3 is 4.74 Å². The lowest BCUT2D eigenvalue weighted by molar-refractivity contribution is -0.384. The van der Waals surface area contributed by atoms with Crippen molar-refractivity contribution in [2.45, 2.75) is 13.0 Å². The number of ether oxygens (including phenoxy) is 1. The molecule has 0 radical (unpaired) electrons. The summed E-state index contributed by atoms with van der Waals surface area (Å²) in [4.78, 5) is 33.1. The van der Waals surface area contributed by atoms with E-state index in [9.17, 15) is 19.7 Å². The highest BCUT2D eigenvalue weighted by Gasteiger charge is 2.38. The highest BCUT2D eigenvalue weighted by Crippen LogP contribution is 2.34. The molecule has 2 atom stereocenters. The highest BCUT2D eigenvalue weighted by atomic mass is 35.5. The van der Waals surface area contributed by atoms with E-state index in [1.54, 1.807) is 0 Å². The van der Waals surface area contributed by atoms with Crippen molar-refractivity contribution >= 4 is 28.3 Å². The normalized spacial score (nSPS) is 22.0. The number of rotatable bonds is 2. The molecule has 0 N–H and O–H groups in total. The Hall–Kier alpha value is -1.95. The van der Waals surface area contributed by atoms with Gasteiger partial charge in [0.1, 0.15) is 5.75 Å². The third-order valence-electron chi connectivity index (χ3n) is 2.78. The van der Waals surface area contributed by atoms with Gasteiger partial charge in [-0.15, -0.1) is 0 Å². The van der Waals surface area contributed by atoms with Crippen molar-refractivity contribution in [1.82, 2.24) is 0 Å². The third kappa shape index (κ3) is 1.95. The van der Waals surface area contributed by atoms with Crippen LogP contribution in [0, 0.1) is 16.0 Å². The topological polar surface area (TPSA) is 86.5 Å². The van der Waals surface area contributed by atoms with E-state index in [0.717, 1.165) is 6.07 Å². The van der Waals surface area contributed by atoms with E-state index in [4.69, 9.17) is 16.3 Å². The first-order valence-corrected chi connectivity index (χ1v) is 5.48. The zero-order valence-corrected chi connectivity index (χ0v) is 10.0. The molecule has 1 aromatic carbocycles. The molecule has 0 aliphatic carbocycles. The Morgan fingerprint density at radius 2 is 2.17 bits per heavy atom. The third-order valence-corrected chi connectivity index (χ3v) is 3.00. The lowest BCUT2D eigenvalue weighted by Crippen LogP contribution is -2.39. The molecule has 1 aliphatic rings. The number of Topliss-reactive ketones (excluding diaryl/α,β-unsaturated/α-hetero) is 1. The van der Waals surface area contributed by atoms with Crippen LogP contribution in [0.2, 0.25) is 0 Å². The van der Waals surface area contributed by atoms with Gasteiger partial charge in [0, 0.05) is 12.1 Å². The molecule has 0 saturated heterocycles. The lowest BCUT2D eigenvalue weighted by atomic mass is 9.91. The maximum absolute atomic E-state index is 12.0. The molecule has 1 aliphatic heterocycles. The molecule has 0 bridgehead atoms. The molecule has 1 heterocycles. The summed E-state index contributed by atoms with van der Waals surface area (Å²) in [6.45, 7) is 1.50. The molecular weight excluding hydrogens is 262 g/mol. The van der Waals surface area contributed by atoms with E-state index in [1.807, 2.05) is 0 Å². The van der Waals surface area contributed by atoms with Gasteiger partial charge in [-0.1, -0.05) is 6.92 Å². The summed E-state index contributed by atoms with van der Waals surface area (Å²) in [5.41, 5.74) is -0.0978. The van der Waals surface area contributed by atoms with Crippen LogP contribution in [0.3, 0.4) is 0 Å². The largest absolute Gasteiger partial charge is 0.480 e. The van der Waals surface area contributed by atoms with Gasteiger partial charge in [0.15, 0.2) is 11.9 Å². The van der Waals surface area contributed by atoms with Gasteiger partial charge in [0.2, 0.25) is 0 Å². The van der Waals surface area contributed by atoms with Crippen molar-refractivity contribution in [3.63, 3.8) is 0 Å². The quantitative estimate of drug-likeness (QED) is 0.465. The van der Waals surface area contributed by atoms with Crippen molar-refractivity contribution < 1.29 is 19.2 Å². The number of nitro benzene ring substituents is 1. The number of hydrogen-bond acceptors (Lipinski definition) is 5. The van der Waals surface area contributed by atoms with E-state index in [-0.39, 0.29) is 22.8 Å². The standard InChI is InChI=1S/C11H8ClNO5/c1-5-9(14)7-4-6(13(16)17)2-3-8(7)18-10(5)11(12)15/h2-5,10H,1H3. The van der Waals surface area contributed by atoms with Gasteiger partial charge in [-0.25, -0.2) is 0 Å². The second kappa shape index (κ2) is 4.38. The summed E-state index contributed by atoms with van der Waals surface area (Å²) in [6, 6.07) is 3.64. The van der Waals surface area contributed by atoms with Crippen LogP contribution in [0.4, 0.5) is 5.69 Å². The van der Waals surface area contributed by atoms with Crippen LogP contribution in [0.15, 0.2) is 18.2 Å². The average Bonchev–Trinajstić information content (AvgIpc) is 2.32. The molecule has 0 amide bonds. The Balaban J connectivity index is 2.48. The number of nitrogens with zero attached hydrogens (tertiary/aromatic N) is 1. The summed E-state index contributed by atoms with van der Waals surface area (Å²) < 4.78 is 5.29. The minimum Gasteiger partial charge on any atom is -0.480 e. The van der Waals surface area contributed by atoms with Crippen molar-refractivity contribution in [1.29, 1.82) is 0 Å². The maximum atomic E-state index is 12.0. The van der Waals surface area contributed by atoms with Crippen molar-refractivity contribution in [3.05, 3.63) is 33.9 Å². The summed E-state index contributed by atoms with van der Waals surface area (Å²) in [5.74, 6) is -1.01. The second-order valence-electron chi connectivity index (χ2n) is 3.93. The zero-order chi connectivity index (χ0) is 13.4. The minimum absolute atomic E-state index is 0.103. The fourth-order valence-corrected chi connectivity index (χ4v) is 2.02. The van der Waals surface area contributed by atoms with Gasteiger partial charge in [0.25, 0.3) is 10.9 Å². The van der Waals surface area contributed by atoms with Gasteiger partial charge in [-0.3, -0.25) is 19.7 Å². The smallest absolute Gasteiger partial charge is 0.270 e. The number of ketones is 1. The monoisotopic (exact) mass is 269 g/mol. The van der Waals surface area contributed by atoms with Crippen molar-refractivity contribution in [3.8, 4) is 5.75 Å². The molecule has 0 fully saturated rings. The van der Waals surface area contributed by atoms with Crippen LogP contribution in [-0.2, 0) is 4.79 Å². The highest BCUT2D eigenvalue weighted by molar-refractivity contribution is 6.64. The molecule has 6 nitrogen and oxygen atoms in total. The van der Waals surface area contributed by atoms with Crippen LogP contribution in [0.1, 0.15) is 17.3 Å². The first kappa shape index (κ1) is 12.5. The fraction of sp³-hybridized carbons (Fsp3) is 0.273. The fourth-order valence-electron chi connectivity index (χ4n) is 1.79. The molecule has 0 spiro atoms. The number of fused-ring (bicyclic) bond motifs is 1. The van der Waals surface area contributed by atoms with E-state index >= 15 is 0 Å². The number of non-ortho nitro benzene ring substituents is 1. The number of carbonyl (C=O) groups is 2. The minimum atomic E-state index is -1.05. The van der Waals surface area contributed by atoms with E-state index in [0.29, 0.717) is 0 Å². The number of halogens is 1. The maximum Gasteiger partial charge on any atom is 0.270 e. The molecule has 1 aromatic rings. The second-order valence-corrected chi connectivity index (χ2v) is 4.31. The first-order chi connectivity index (χ1) is 8.41. The SMILES string of the molecule is CC1C(=O)c2cc([N+](=O)[O-])ccc2OC1C(=O)Cl. The van der Waals surface area contributed by atoms with Crippen LogP contribution >= 0.6 is 11.6 Å². The number of carbonyl (C=O) groups excluding carboxylic acids is 2. The van der Waals surface area contributed by atoms with Crippen molar-refractivity contribution in [2.24, 2.45) is 5.92 Å². The Bertz CT molecular complexity index is 556. The summed E-state index contributed by atoms with van der Waals surface area (Å²) in [6.07, 6.45) is -1.05. The summed E-state index contributed by atoms with van der Waals surface area (Å²) in [7, 11) is 0. The first-order valence-electron chi connectivity index (χ1n) is 5.10. The Morgan fingerprint density at radius 1 is 1.50 bits per heavy atom. The molecule has 0 aromatic heterocycles. The molecule has 0 saturated carbocycles. The Kier molecular flexibility index (Phi) is 3.04. The number of hydrogen-bond donors (Lipinski definition) is 0. The van der Waals surface area contributed by atoms with Crippen LogP contribution < -0.4 is 4.74 Å². The van der Waals surface area contributed by atoms with Gasteiger partial charge >= 0.3 is 0 Å². The summed E-state index contributed by atoms with van der Waals surface area (Å²) in [5, 5.41) is 9.86. The molecule has 2 unspecified atom stereocenters. The molecule has 7 heteroatoms. The van der Waals surface area contributed by atoms with E-state index < -0.39 is 22.2 Å². The predicted octanol–water partition coefficient (Wildman–Crippen LogP) is 1.94. The number of benzene rings is 1. The van der Waals surface area contributed by atoms with E-state index in [2.05, 4.69) is 0 Å². The average molecular weight is 270 g/mol. The van der Waals surface area contributed by atoms with Crippen molar-refractivity contribution in [2.75, 3.05) is 0 Å². The van der Waals surface area contributed by atoms with Gasteiger partial charge in [0.05, 0.1) is 16.4 Å². The Morgan fingerprint density at radius 3 is 2.72 bits per heavy atom. The summed E-state index contributed by atoms with van der Waals surface area (Å²) >= 11 is 5.34.